The van der Waals surface area contributed by atoms with E-state index in [2.05, 4.69) is 5.32 Å². The van der Waals surface area contributed by atoms with Gasteiger partial charge in [-0.15, -0.1) is 0 Å². The second kappa shape index (κ2) is 8.93. The minimum atomic E-state index is -0.413. The van der Waals surface area contributed by atoms with Crippen LogP contribution in [0.5, 0.6) is 0 Å². The quantitative estimate of drug-likeness (QED) is 0.775. The number of amides is 1. The Morgan fingerprint density at radius 2 is 1.71 bits per heavy atom. The van der Waals surface area contributed by atoms with Crippen molar-refractivity contribution >= 4 is 17.4 Å². The lowest BCUT2D eigenvalue weighted by Crippen LogP contribution is -2.49. The van der Waals surface area contributed by atoms with E-state index in [-0.39, 0.29) is 30.6 Å². The number of hydrogen-bond acceptors (Lipinski definition) is 4. The third kappa shape index (κ3) is 4.92. The summed E-state index contributed by atoms with van der Waals surface area (Å²) in [6.45, 7) is 4.16. The number of benzene rings is 2. The zero-order chi connectivity index (χ0) is 20.1. The first-order valence-corrected chi connectivity index (χ1v) is 9.22. The van der Waals surface area contributed by atoms with E-state index in [1.54, 1.807) is 30.3 Å². The third-order valence-electron chi connectivity index (χ3n) is 4.87. The molecule has 1 N–H and O–H groups in total. The van der Waals surface area contributed by atoms with Gasteiger partial charge < -0.3 is 10.2 Å². The highest BCUT2D eigenvalue weighted by Gasteiger charge is 2.21. The van der Waals surface area contributed by atoms with E-state index in [1.807, 2.05) is 9.80 Å². The maximum absolute atomic E-state index is 14.3. The van der Waals surface area contributed by atoms with Crippen LogP contribution in [0, 0.1) is 11.6 Å². The molecule has 0 atom stereocenters. The maximum Gasteiger partial charge on any atom is 0.234 e. The van der Waals surface area contributed by atoms with Gasteiger partial charge in [-0.05, 0) is 31.2 Å². The number of piperazine rings is 1. The number of carbonyl (C=O) groups excluding carboxylic acids is 2. The van der Waals surface area contributed by atoms with Crippen LogP contribution in [0.25, 0.3) is 0 Å². The van der Waals surface area contributed by atoms with Gasteiger partial charge in [0.25, 0.3) is 0 Å². The maximum atomic E-state index is 14.3. The van der Waals surface area contributed by atoms with Crippen molar-refractivity contribution in [1.82, 2.24) is 10.2 Å². The predicted octanol–water partition coefficient (Wildman–Crippen LogP) is 2.61. The SMILES string of the molecule is CC(=O)c1ccc(N2CCN(CC(=O)NCc3ccccc3F)CC2)c(F)c1. The first kappa shape index (κ1) is 19.9. The fourth-order valence-corrected chi connectivity index (χ4v) is 3.22. The summed E-state index contributed by atoms with van der Waals surface area (Å²) >= 11 is 0. The van der Waals surface area contributed by atoms with Gasteiger partial charge in [-0.3, -0.25) is 14.5 Å². The van der Waals surface area contributed by atoms with Gasteiger partial charge in [-0.25, -0.2) is 8.78 Å². The van der Waals surface area contributed by atoms with Gasteiger partial charge in [0.05, 0.1) is 12.2 Å². The number of rotatable bonds is 6. The van der Waals surface area contributed by atoms with Crippen molar-refractivity contribution < 1.29 is 18.4 Å². The molecule has 2 aromatic rings. The van der Waals surface area contributed by atoms with Crippen molar-refractivity contribution in [2.45, 2.75) is 13.5 Å². The summed E-state index contributed by atoms with van der Waals surface area (Å²) in [5, 5.41) is 2.73. The van der Waals surface area contributed by atoms with Crippen LogP contribution in [0.1, 0.15) is 22.8 Å². The molecule has 0 spiro atoms. The lowest BCUT2D eigenvalue weighted by atomic mass is 10.1. The van der Waals surface area contributed by atoms with Crippen LogP contribution in [0.15, 0.2) is 42.5 Å². The molecular formula is C21H23F2N3O2. The van der Waals surface area contributed by atoms with E-state index < -0.39 is 5.82 Å². The van der Waals surface area contributed by atoms with Gasteiger partial charge in [0.2, 0.25) is 5.91 Å². The Hall–Kier alpha value is -2.80. The predicted molar refractivity (Wildman–Crippen MR) is 103 cm³/mol. The molecule has 1 saturated heterocycles. The number of halogens is 2. The molecule has 0 aromatic heterocycles. The Balaban J connectivity index is 1.48. The van der Waals surface area contributed by atoms with Gasteiger partial charge in [0, 0.05) is 43.9 Å². The largest absolute Gasteiger partial charge is 0.367 e. The van der Waals surface area contributed by atoms with Crippen molar-refractivity contribution in [2.75, 3.05) is 37.6 Å². The summed E-state index contributed by atoms with van der Waals surface area (Å²) < 4.78 is 27.9. The summed E-state index contributed by atoms with van der Waals surface area (Å²) in [5.74, 6) is -1.09. The number of carbonyl (C=O) groups is 2. The molecule has 0 unspecified atom stereocenters. The van der Waals surface area contributed by atoms with Crippen molar-refractivity contribution in [3.05, 3.63) is 65.2 Å². The molecule has 0 bridgehead atoms. The fourth-order valence-electron chi connectivity index (χ4n) is 3.22. The molecule has 2 aromatic carbocycles. The van der Waals surface area contributed by atoms with Crippen LogP contribution >= 0.6 is 0 Å². The minimum Gasteiger partial charge on any atom is -0.367 e. The average molecular weight is 387 g/mol. The number of hydrogen-bond donors (Lipinski definition) is 1. The number of nitrogens with zero attached hydrogens (tertiary/aromatic N) is 2. The molecule has 1 aliphatic rings. The first-order chi connectivity index (χ1) is 13.4. The molecule has 7 heteroatoms. The highest BCUT2D eigenvalue weighted by molar-refractivity contribution is 5.94. The monoisotopic (exact) mass is 387 g/mol. The molecule has 1 amide bonds. The van der Waals surface area contributed by atoms with Crippen molar-refractivity contribution in [1.29, 1.82) is 0 Å². The first-order valence-electron chi connectivity index (χ1n) is 9.22. The van der Waals surface area contributed by atoms with Crippen LogP contribution in [-0.4, -0.2) is 49.3 Å². The van der Waals surface area contributed by atoms with Gasteiger partial charge in [0.15, 0.2) is 5.78 Å². The molecule has 1 fully saturated rings. The Bertz CT molecular complexity index is 864. The van der Waals surface area contributed by atoms with Crippen LogP contribution in [-0.2, 0) is 11.3 Å². The highest BCUT2D eigenvalue weighted by atomic mass is 19.1. The Morgan fingerprint density at radius 1 is 1.00 bits per heavy atom. The van der Waals surface area contributed by atoms with E-state index in [4.69, 9.17) is 0 Å². The van der Waals surface area contributed by atoms with Crippen LogP contribution in [0.4, 0.5) is 14.5 Å². The molecule has 3 rings (SSSR count). The molecular weight excluding hydrogens is 364 g/mol. The molecule has 1 aliphatic heterocycles. The summed E-state index contributed by atoms with van der Waals surface area (Å²) in [6.07, 6.45) is 0. The summed E-state index contributed by atoms with van der Waals surface area (Å²) in [5.41, 5.74) is 1.27. The van der Waals surface area contributed by atoms with Crippen molar-refractivity contribution in [3.63, 3.8) is 0 Å². The van der Waals surface area contributed by atoms with E-state index in [1.165, 1.54) is 19.1 Å². The zero-order valence-corrected chi connectivity index (χ0v) is 15.8. The lowest BCUT2D eigenvalue weighted by Gasteiger charge is -2.35. The van der Waals surface area contributed by atoms with E-state index >= 15 is 0 Å². The smallest absolute Gasteiger partial charge is 0.234 e. The fraction of sp³-hybridized carbons (Fsp3) is 0.333. The Labute approximate surface area is 162 Å². The van der Waals surface area contributed by atoms with Gasteiger partial charge >= 0.3 is 0 Å². The second-order valence-electron chi connectivity index (χ2n) is 6.85. The molecule has 1 heterocycles. The summed E-state index contributed by atoms with van der Waals surface area (Å²) in [4.78, 5) is 27.4. The van der Waals surface area contributed by atoms with Gasteiger partial charge in [-0.2, -0.15) is 0 Å². The molecule has 0 radical (unpaired) electrons. The molecule has 148 valence electrons. The normalized spacial score (nSPS) is 14.8. The van der Waals surface area contributed by atoms with Crippen LogP contribution < -0.4 is 10.2 Å². The number of ketones is 1. The topological polar surface area (TPSA) is 52.7 Å². The second-order valence-corrected chi connectivity index (χ2v) is 6.85. The number of anilines is 1. The molecule has 0 aliphatic carbocycles. The summed E-state index contributed by atoms with van der Waals surface area (Å²) in [7, 11) is 0. The van der Waals surface area contributed by atoms with Gasteiger partial charge in [0.1, 0.15) is 11.6 Å². The molecule has 0 saturated carbocycles. The number of Topliss-reactive ketones (excluding diaryl/α,β-unsaturated/α-hetero) is 1. The Kier molecular flexibility index (Phi) is 6.36. The van der Waals surface area contributed by atoms with Crippen molar-refractivity contribution in [3.8, 4) is 0 Å². The van der Waals surface area contributed by atoms with Crippen LogP contribution in [0.3, 0.4) is 0 Å². The summed E-state index contributed by atoms with van der Waals surface area (Å²) in [6, 6.07) is 10.9. The minimum absolute atomic E-state index is 0.152. The van der Waals surface area contributed by atoms with Crippen molar-refractivity contribution in [2.24, 2.45) is 0 Å². The lowest BCUT2D eigenvalue weighted by molar-refractivity contribution is -0.122. The standard InChI is InChI=1S/C21H23F2N3O2/c1-15(27)16-6-7-20(19(23)12-16)26-10-8-25(9-11-26)14-21(28)24-13-17-4-2-3-5-18(17)22/h2-7,12H,8-11,13-14H2,1H3,(H,24,28). The zero-order valence-electron chi connectivity index (χ0n) is 15.8. The number of nitrogens with one attached hydrogen (secondary N) is 1. The molecule has 28 heavy (non-hydrogen) atoms. The highest BCUT2D eigenvalue weighted by Crippen LogP contribution is 2.22. The van der Waals surface area contributed by atoms with E-state index in [0.717, 1.165) is 0 Å². The third-order valence-corrected chi connectivity index (χ3v) is 4.87. The van der Waals surface area contributed by atoms with E-state index in [9.17, 15) is 18.4 Å². The van der Waals surface area contributed by atoms with E-state index in [0.29, 0.717) is 43.0 Å². The average Bonchev–Trinajstić information content (AvgIpc) is 2.68. The van der Waals surface area contributed by atoms with Crippen LogP contribution in [0.2, 0.25) is 0 Å². The van der Waals surface area contributed by atoms with Gasteiger partial charge in [-0.1, -0.05) is 18.2 Å². The molecule has 5 nitrogen and oxygen atoms in total. The Morgan fingerprint density at radius 3 is 2.36 bits per heavy atom.